The van der Waals surface area contributed by atoms with E-state index >= 15 is 0 Å². The van der Waals surface area contributed by atoms with Gasteiger partial charge in [-0.05, 0) is 31.5 Å². The largest absolute Gasteiger partial charge is 0.523 e. The van der Waals surface area contributed by atoms with Crippen molar-refractivity contribution in [2.24, 2.45) is 0 Å². The highest BCUT2D eigenvalue weighted by Crippen LogP contribution is 2.35. The molecule has 0 fully saturated rings. The van der Waals surface area contributed by atoms with Crippen molar-refractivity contribution in [1.29, 1.82) is 0 Å². The maximum atomic E-state index is 12.3. The van der Waals surface area contributed by atoms with Crippen molar-refractivity contribution < 1.29 is 27.5 Å². The predicted molar refractivity (Wildman–Crippen MR) is 59.6 cm³/mol. The first kappa shape index (κ1) is 13.5. The van der Waals surface area contributed by atoms with Gasteiger partial charge in [0.15, 0.2) is 0 Å². The van der Waals surface area contributed by atoms with Gasteiger partial charge in [0.05, 0.1) is 16.9 Å². The van der Waals surface area contributed by atoms with Crippen LogP contribution in [0.25, 0.3) is 0 Å². The van der Waals surface area contributed by atoms with Gasteiger partial charge in [0.1, 0.15) is 0 Å². The summed E-state index contributed by atoms with van der Waals surface area (Å²) in [5.41, 5.74) is -1.14. The lowest BCUT2D eigenvalue weighted by Gasteiger charge is -2.27. The molecule has 1 amide bonds. The molecule has 1 aromatic rings. The van der Waals surface area contributed by atoms with Gasteiger partial charge in [0.25, 0.3) is 11.7 Å². The quantitative estimate of drug-likeness (QED) is 0.843. The third kappa shape index (κ3) is 2.60. The highest BCUT2D eigenvalue weighted by atomic mass is 19.4. The molecule has 0 saturated carbocycles. The van der Waals surface area contributed by atoms with E-state index in [1.807, 2.05) is 0 Å². The summed E-state index contributed by atoms with van der Waals surface area (Å²) in [5, 5.41) is 2.32. The normalized spacial score (nSPS) is 15.4. The van der Waals surface area contributed by atoms with Gasteiger partial charge in [-0.1, -0.05) is 6.07 Å². The van der Waals surface area contributed by atoms with Crippen LogP contribution in [-0.4, -0.2) is 18.1 Å². The van der Waals surface area contributed by atoms with Crippen LogP contribution in [0.5, 0.6) is 0 Å². The van der Waals surface area contributed by atoms with Gasteiger partial charge in [-0.15, -0.1) is 13.2 Å². The topological polar surface area (TPSA) is 55.4 Å². The summed E-state index contributed by atoms with van der Waals surface area (Å²) in [4.78, 5) is 22.6. The Hall–Kier alpha value is -1.89. The number of halogens is 3. The number of hydrogen-bond donors (Lipinski definition) is 1. The van der Waals surface area contributed by atoms with Crippen molar-refractivity contribution in [1.82, 2.24) is 0 Å². The van der Waals surface area contributed by atoms with Gasteiger partial charge in [0.2, 0.25) is 0 Å². The third-order valence-corrected chi connectivity index (χ3v) is 2.78. The van der Waals surface area contributed by atoms with Gasteiger partial charge in [0, 0.05) is 0 Å². The molecular formula is C12H10F3NO3. The molecule has 1 heterocycles. The molecule has 4 nitrogen and oxygen atoms in total. The maximum absolute atomic E-state index is 12.3. The van der Waals surface area contributed by atoms with Gasteiger partial charge in [-0.25, -0.2) is 0 Å². The second kappa shape index (κ2) is 4.06. The van der Waals surface area contributed by atoms with Crippen molar-refractivity contribution in [2.75, 3.05) is 5.32 Å². The van der Waals surface area contributed by atoms with E-state index in [0.29, 0.717) is 5.69 Å². The van der Waals surface area contributed by atoms with Crippen LogP contribution in [0.1, 0.15) is 29.8 Å². The monoisotopic (exact) mass is 273 g/mol. The molecule has 0 saturated heterocycles. The Labute approximate surface area is 106 Å². The SMILES string of the molecule is CC(C)(OC(F)(F)F)c1ccc2c(c1)C(=O)C(=O)N2. The van der Waals surface area contributed by atoms with Crippen molar-refractivity contribution in [3.8, 4) is 0 Å². The Balaban J connectivity index is 2.38. The van der Waals surface area contributed by atoms with Crippen LogP contribution in [0.4, 0.5) is 18.9 Å². The summed E-state index contributed by atoms with van der Waals surface area (Å²) < 4.78 is 40.9. The van der Waals surface area contributed by atoms with E-state index in [-0.39, 0.29) is 11.1 Å². The molecule has 0 aromatic heterocycles. The van der Waals surface area contributed by atoms with Crippen LogP contribution in [0.3, 0.4) is 0 Å². The highest BCUT2D eigenvalue weighted by molar-refractivity contribution is 6.51. The Morgan fingerprint density at radius 2 is 1.79 bits per heavy atom. The van der Waals surface area contributed by atoms with Crippen LogP contribution >= 0.6 is 0 Å². The molecule has 0 radical (unpaired) electrons. The Bertz CT molecular complexity index is 564. The van der Waals surface area contributed by atoms with Crippen molar-refractivity contribution in [2.45, 2.75) is 25.8 Å². The number of fused-ring (bicyclic) bond motifs is 1. The molecule has 2 rings (SSSR count). The van der Waals surface area contributed by atoms with Crippen molar-refractivity contribution in [3.05, 3.63) is 29.3 Å². The minimum absolute atomic E-state index is 0.0568. The molecule has 0 unspecified atom stereocenters. The number of carbonyl (C=O) groups excluding carboxylic acids is 2. The fraction of sp³-hybridized carbons (Fsp3) is 0.333. The van der Waals surface area contributed by atoms with Gasteiger partial charge >= 0.3 is 6.36 Å². The Kier molecular flexibility index (Phi) is 2.89. The number of ether oxygens (including phenoxy) is 1. The van der Waals surface area contributed by atoms with E-state index in [4.69, 9.17) is 0 Å². The van der Waals surface area contributed by atoms with Crippen LogP contribution in [-0.2, 0) is 15.1 Å². The van der Waals surface area contributed by atoms with E-state index in [1.165, 1.54) is 32.0 Å². The number of anilines is 1. The molecular weight excluding hydrogens is 263 g/mol. The molecule has 0 bridgehead atoms. The van der Waals surface area contributed by atoms with Gasteiger partial charge < -0.3 is 5.32 Å². The smallest absolute Gasteiger partial charge is 0.318 e. The lowest BCUT2D eigenvalue weighted by atomic mass is 9.95. The zero-order chi connectivity index (χ0) is 14.4. The van der Waals surface area contributed by atoms with Crippen LogP contribution in [0, 0.1) is 0 Å². The lowest BCUT2D eigenvalue weighted by Crippen LogP contribution is -2.30. The summed E-state index contributed by atoms with van der Waals surface area (Å²) in [5.74, 6) is -1.55. The fourth-order valence-electron chi connectivity index (χ4n) is 1.87. The summed E-state index contributed by atoms with van der Waals surface area (Å²) in [6.07, 6.45) is -4.79. The van der Waals surface area contributed by atoms with Gasteiger partial charge in [-0.3, -0.25) is 14.3 Å². The van der Waals surface area contributed by atoms with Crippen LogP contribution in [0.2, 0.25) is 0 Å². The minimum Gasteiger partial charge on any atom is -0.318 e. The molecule has 19 heavy (non-hydrogen) atoms. The first-order chi connectivity index (χ1) is 8.60. The molecule has 102 valence electrons. The second-order valence-electron chi connectivity index (χ2n) is 4.60. The molecule has 1 aliphatic heterocycles. The number of nitrogens with one attached hydrogen (secondary N) is 1. The number of hydrogen-bond acceptors (Lipinski definition) is 3. The highest BCUT2D eigenvalue weighted by Gasteiger charge is 2.39. The summed E-state index contributed by atoms with van der Waals surface area (Å²) in [7, 11) is 0. The first-order valence-electron chi connectivity index (χ1n) is 5.37. The number of alkyl halides is 3. The van der Waals surface area contributed by atoms with E-state index in [0.717, 1.165) is 0 Å². The lowest BCUT2D eigenvalue weighted by molar-refractivity contribution is -0.364. The van der Waals surface area contributed by atoms with Gasteiger partial charge in [-0.2, -0.15) is 0 Å². The number of amides is 1. The molecule has 0 atom stereocenters. The number of ketones is 1. The average molecular weight is 273 g/mol. The molecule has 1 N–H and O–H groups in total. The fourth-order valence-corrected chi connectivity index (χ4v) is 1.87. The van der Waals surface area contributed by atoms with E-state index in [2.05, 4.69) is 10.1 Å². The number of Topliss-reactive ketones (excluding diaryl/α,β-unsaturated/α-hetero) is 1. The summed E-state index contributed by atoms with van der Waals surface area (Å²) in [6.45, 7) is 2.47. The summed E-state index contributed by atoms with van der Waals surface area (Å²) >= 11 is 0. The maximum Gasteiger partial charge on any atom is 0.523 e. The summed E-state index contributed by atoms with van der Waals surface area (Å²) in [6, 6.07) is 4.00. The molecule has 1 aromatic carbocycles. The average Bonchev–Trinajstić information content (AvgIpc) is 2.51. The molecule has 7 heteroatoms. The first-order valence-corrected chi connectivity index (χ1v) is 5.37. The van der Waals surface area contributed by atoms with E-state index in [9.17, 15) is 22.8 Å². The van der Waals surface area contributed by atoms with Crippen molar-refractivity contribution in [3.63, 3.8) is 0 Å². The standard InChI is InChI=1S/C12H10F3NO3/c1-11(2,19-12(13,14)15)6-3-4-8-7(5-6)9(17)10(18)16-8/h3-5H,1-2H3,(H,16,17,18). The molecule has 0 spiro atoms. The van der Waals surface area contributed by atoms with Crippen LogP contribution < -0.4 is 5.32 Å². The zero-order valence-corrected chi connectivity index (χ0v) is 10.1. The number of benzene rings is 1. The van der Waals surface area contributed by atoms with E-state index in [1.54, 1.807) is 0 Å². The Morgan fingerprint density at radius 3 is 2.37 bits per heavy atom. The zero-order valence-electron chi connectivity index (χ0n) is 10.1. The predicted octanol–water partition coefficient (Wildman–Crippen LogP) is 2.59. The molecule has 1 aliphatic rings. The molecule has 0 aliphatic carbocycles. The van der Waals surface area contributed by atoms with Crippen molar-refractivity contribution >= 4 is 17.4 Å². The number of rotatable bonds is 2. The number of carbonyl (C=O) groups is 2. The third-order valence-electron chi connectivity index (χ3n) is 2.78. The van der Waals surface area contributed by atoms with E-state index < -0.39 is 23.7 Å². The minimum atomic E-state index is -4.79. The second-order valence-corrected chi connectivity index (χ2v) is 4.60. The van der Waals surface area contributed by atoms with Crippen LogP contribution in [0.15, 0.2) is 18.2 Å². The Morgan fingerprint density at radius 1 is 1.16 bits per heavy atom.